The van der Waals surface area contributed by atoms with E-state index in [0.29, 0.717) is 11.3 Å². The highest BCUT2D eigenvalue weighted by molar-refractivity contribution is 5.66. The third-order valence-electron chi connectivity index (χ3n) is 4.32. The lowest BCUT2D eigenvalue weighted by atomic mass is 9.48. The second kappa shape index (κ2) is 3.36. The molecule has 84 valence electrons. The smallest absolute Gasteiger partial charge is 0.303 e. The number of carbonyl (C=O) groups is 1. The second-order valence-corrected chi connectivity index (χ2v) is 5.50. The lowest BCUT2D eigenvalue weighted by Gasteiger charge is -2.57. The van der Waals surface area contributed by atoms with E-state index in [4.69, 9.17) is 4.74 Å². The molecule has 3 rings (SSSR count). The molecule has 3 aliphatic rings. The van der Waals surface area contributed by atoms with Crippen LogP contribution in [0, 0.1) is 17.3 Å². The van der Waals surface area contributed by atoms with Crippen molar-refractivity contribution in [2.75, 3.05) is 0 Å². The molecule has 2 nitrogen and oxygen atoms in total. The topological polar surface area (TPSA) is 26.3 Å². The van der Waals surface area contributed by atoms with E-state index in [-0.39, 0.29) is 12.1 Å². The molecule has 0 aromatic rings. The maximum atomic E-state index is 10.9. The van der Waals surface area contributed by atoms with Gasteiger partial charge in [-0.25, -0.2) is 0 Å². The minimum absolute atomic E-state index is 0.0342. The minimum atomic E-state index is -0.178. The Morgan fingerprint density at radius 3 is 2.73 bits per heavy atom. The highest BCUT2D eigenvalue weighted by atomic mass is 16.5. The van der Waals surface area contributed by atoms with Crippen LogP contribution in [0.2, 0.25) is 0 Å². The average molecular weight is 208 g/mol. The average Bonchev–Trinajstić information content (AvgIpc) is 2.16. The van der Waals surface area contributed by atoms with E-state index < -0.39 is 0 Å². The van der Waals surface area contributed by atoms with Crippen LogP contribution in [0.3, 0.4) is 0 Å². The third-order valence-corrected chi connectivity index (χ3v) is 4.32. The Bertz CT molecular complexity index is 314. The van der Waals surface area contributed by atoms with E-state index in [9.17, 15) is 4.79 Å². The van der Waals surface area contributed by atoms with Crippen LogP contribution in [-0.2, 0) is 9.53 Å². The van der Waals surface area contributed by atoms with Crippen molar-refractivity contribution in [1.82, 2.24) is 0 Å². The quantitative estimate of drug-likeness (QED) is 0.515. The van der Waals surface area contributed by atoms with Gasteiger partial charge in [0.1, 0.15) is 6.10 Å². The van der Waals surface area contributed by atoms with Gasteiger partial charge in [0.25, 0.3) is 0 Å². The maximum Gasteiger partial charge on any atom is 0.303 e. The van der Waals surface area contributed by atoms with E-state index >= 15 is 0 Å². The molecule has 1 fully saturated rings. The summed E-state index contributed by atoms with van der Waals surface area (Å²) in [6, 6.07) is 0. The fourth-order valence-corrected chi connectivity index (χ4v) is 3.17. The maximum absolute atomic E-state index is 10.9. The Kier molecular flexibility index (Phi) is 2.40. The predicted octanol–water partition coefficient (Wildman–Crippen LogP) is 2.93. The van der Waals surface area contributed by atoms with Gasteiger partial charge < -0.3 is 4.74 Å². The number of esters is 1. The number of ether oxygens (including phenoxy) is 1. The van der Waals surface area contributed by atoms with E-state index in [2.05, 4.69) is 19.9 Å². The van der Waals surface area contributed by atoms with Crippen molar-refractivity contribution in [2.24, 2.45) is 17.3 Å². The standard InChI is InChI=1S/C13H20O2/c1-8(15-9(2)14)11-6-5-10-7-12(11)13(10,3)4/h6,8,10,12H,5,7H2,1-4H3. The van der Waals surface area contributed by atoms with Crippen molar-refractivity contribution in [1.29, 1.82) is 0 Å². The lowest BCUT2D eigenvalue weighted by Crippen LogP contribution is -2.50. The summed E-state index contributed by atoms with van der Waals surface area (Å²) in [5.74, 6) is 1.30. The molecule has 0 aromatic carbocycles. The normalized spacial score (nSPS) is 33.7. The zero-order valence-electron chi connectivity index (χ0n) is 10.0. The van der Waals surface area contributed by atoms with Crippen LogP contribution < -0.4 is 0 Å². The van der Waals surface area contributed by atoms with Crippen molar-refractivity contribution in [3.63, 3.8) is 0 Å². The van der Waals surface area contributed by atoms with Gasteiger partial charge in [-0.15, -0.1) is 0 Å². The first kappa shape index (κ1) is 10.7. The van der Waals surface area contributed by atoms with Crippen LogP contribution in [0.5, 0.6) is 0 Å². The largest absolute Gasteiger partial charge is 0.458 e. The monoisotopic (exact) mass is 208 g/mol. The zero-order valence-corrected chi connectivity index (χ0v) is 10.0. The summed E-state index contributed by atoms with van der Waals surface area (Å²) in [6.45, 7) is 8.13. The molecule has 0 heterocycles. The van der Waals surface area contributed by atoms with Gasteiger partial charge in [0.15, 0.2) is 0 Å². The van der Waals surface area contributed by atoms with Crippen LogP contribution in [0.15, 0.2) is 11.6 Å². The van der Waals surface area contributed by atoms with Gasteiger partial charge in [-0.2, -0.15) is 0 Å². The molecule has 3 aliphatic carbocycles. The molecule has 3 atom stereocenters. The van der Waals surface area contributed by atoms with Crippen molar-refractivity contribution < 1.29 is 9.53 Å². The predicted molar refractivity (Wildman–Crippen MR) is 59.3 cm³/mol. The number of fused-ring (bicyclic) bond motifs is 1. The first-order chi connectivity index (χ1) is 6.93. The van der Waals surface area contributed by atoms with Gasteiger partial charge in [-0.05, 0) is 42.6 Å². The van der Waals surface area contributed by atoms with Crippen LogP contribution in [0.25, 0.3) is 0 Å². The Morgan fingerprint density at radius 2 is 2.27 bits per heavy atom. The first-order valence-corrected chi connectivity index (χ1v) is 5.80. The zero-order chi connectivity index (χ0) is 11.2. The number of allylic oxidation sites excluding steroid dienone is 1. The van der Waals surface area contributed by atoms with Crippen molar-refractivity contribution in [3.8, 4) is 0 Å². The van der Waals surface area contributed by atoms with Gasteiger partial charge >= 0.3 is 5.97 Å². The molecule has 2 bridgehead atoms. The van der Waals surface area contributed by atoms with Crippen LogP contribution in [0.4, 0.5) is 0 Å². The number of carbonyl (C=O) groups excluding carboxylic acids is 1. The summed E-state index contributed by atoms with van der Waals surface area (Å²) >= 11 is 0. The summed E-state index contributed by atoms with van der Waals surface area (Å²) in [4.78, 5) is 10.9. The van der Waals surface area contributed by atoms with Crippen LogP contribution in [-0.4, -0.2) is 12.1 Å². The number of hydrogen-bond acceptors (Lipinski definition) is 2. The molecular weight excluding hydrogens is 188 g/mol. The van der Waals surface area contributed by atoms with E-state index in [1.807, 2.05) is 6.92 Å². The summed E-state index contributed by atoms with van der Waals surface area (Å²) in [6.07, 6.45) is 4.69. The Balaban J connectivity index is 2.11. The molecule has 2 heteroatoms. The Labute approximate surface area is 91.7 Å². The molecule has 15 heavy (non-hydrogen) atoms. The molecule has 3 unspecified atom stereocenters. The summed E-state index contributed by atoms with van der Waals surface area (Å²) in [7, 11) is 0. The minimum Gasteiger partial charge on any atom is -0.458 e. The summed E-state index contributed by atoms with van der Waals surface area (Å²) in [5, 5.41) is 0. The summed E-state index contributed by atoms with van der Waals surface area (Å²) < 4.78 is 5.27. The molecule has 0 aliphatic heterocycles. The van der Waals surface area contributed by atoms with E-state index in [1.165, 1.54) is 18.9 Å². The lowest BCUT2D eigenvalue weighted by molar-refractivity contribution is -0.145. The van der Waals surface area contributed by atoms with Gasteiger partial charge in [0, 0.05) is 6.92 Å². The Morgan fingerprint density at radius 1 is 1.60 bits per heavy atom. The fraction of sp³-hybridized carbons (Fsp3) is 0.769. The number of hydrogen-bond donors (Lipinski definition) is 0. The highest BCUT2D eigenvalue weighted by Gasteiger charge is 2.52. The fourth-order valence-electron chi connectivity index (χ4n) is 3.17. The van der Waals surface area contributed by atoms with Crippen molar-refractivity contribution >= 4 is 5.97 Å². The molecular formula is C13H20O2. The number of rotatable bonds is 2. The van der Waals surface area contributed by atoms with Gasteiger partial charge in [0.05, 0.1) is 0 Å². The van der Waals surface area contributed by atoms with Crippen LogP contribution >= 0.6 is 0 Å². The molecule has 0 N–H and O–H groups in total. The molecule has 0 aromatic heterocycles. The molecule has 0 radical (unpaired) electrons. The van der Waals surface area contributed by atoms with Gasteiger partial charge in [0.2, 0.25) is 0 Å². The SMILES string of the molecule is CC(=O)OC(C)C1=CCC2CC1C2(C)C. The third kappa shape index (κ3) is 1.60. The second-order valence-electron chi connectivity index (χ2n) is 5.50. The first-order valence-electron chi connectivity index (χ1n) is 5.80. The van der Waals surface area contributed by atoms with Crippen molar-refractivity contribution in [2.45, 2.75) is 46.6 Å². The molecule has 0 amide bonds. The van der Waals surface area contributed by atoms with Gasteiger partial charge in [-0.3, -0.25) is 4.79 Å². The molecule has 0 spiro atoms. The Hall–Kier alpha value is -0.790. The summed E-state index contributed by atoms with van der Waals surface area (Å²) in [5.41, 5.74) is 1.76. The molecule has 0 saturated heterocycles. The molecule has 1 saturated carbocycles. The van der Waals surface area contributed by atoms with E-state index in [0.717, 1.165) is 12.3 Å². The van der Waals surface area contributed by atoms with E-state index in [1.54, 1.807) is 0 Å². The van der Waals surface area contributed by atoms with Crippen molar-refractivity contribution in [3.05, 3.63) is 11.6 Å². The van der Waals surface area contributed by atoms with Gasteiger partial charge in [-0.1, -0.05) is 19.9 Å². The highest BCUT2D eigenvalue weighted by Crippen LogP contribution is 2.59. The van der Waals surface area contributed by atoms with Crippen LogP contribution in [0.1, 0.15) is 40.5 Å².